The molecule has 1 heterocycles. The molecule has 1 aromatic heterocycles. The molecule has 0 radical (unpaired) electrons. The van der Waals surface area contributed by atoms with E-state index in [1.54, 1.807) is 24.3 Å². The Hall–Kier alpha value is -3.35. The van der Waals surface area contributed by atoms with Crippen molar-refractivity contribution in [2.75, 3.05) is 20.3 Å². The average Bonchev–Trinajstić information content (AvgIpc) is 3.09. The van der Waals surface area contributed by atoms with E-state index in [2.05, 4.69) is 20.0 Å². The molecular weight excluding hydrogens is 334 g/mol. The van der Waals surface area contributed by atoms with Gasteiger partial charge in [0, 0.05) is 13.0 Å². The van der Waals surface area contributed by atoms with E-state index in [-0.39, 0.29) is 12.5 Å². The van der Waals surface area contributed by atoms with E-state index in [1.165, 1.54) is 7.11 Å². The number of methoxy groups -OCH3 is 1. The first-order chi connectivity index (χ1) is 12.7. The predicted octanol–water partition coefficient (Wildman–Crippen LogP) is 2.09. The van der Waals surface area contributed by atoms with Crippen molar-refractivity contribution >= 4 is 22.9 Å². The maximum atomic E-state index is 11.9. The molecule has 0 atom stereocenters. The molecule has 0 aliphatic carbocycles. The number of esters is 1. The van der Waals surface area contributed by atoms with Crippen LogP contribution >= 0.6 is 0 Å². The lowest BCUT2D eigenvalue weighted by molar-refractivity contribution is -0.123. The Bertz CT molecular complexity index is 870. The highest BCUT2D eigenvalue weighted by atomic mass is 16.5. The molecule has 134 valence electrons. The maximum Gasteiger partial charge on any atom is 0.337 e. The summed E-state index contributed by atoms with van der Waals surface area (Å²) in [6, 6.07) is 14.2. The van der Waals surface area contributed by atoms with Gasteiger partial charge in [0.2, 0.25) is 0 Å². The lowest BCUT2D eigenvalue weighted by atomic mass is 10.2. The van der Waals surface area contributed by atoms with Crippen LogP contribution < -0.4 is 10.1 Å². The molecule has 3 rings (SSSR count). The first kappa shape index (κ1) is 17.5. The SMILES string of the molecule is COC(=O)c1ccc(OCC(=O)NCCc2nc3ccccc3[nH]2)cc1. The van der Waals surface area contributed by atoms with Crippen LogP contribution in [-0.2, 0) is 16.0 Å². The van der Waals surface area contributed by atoms with Crippen molar-refractivity contribution in [1.29, 1.82) is 0 Å². The summed E-state index contributed by atoms with van der Waals surface area (Å²) in [5, 5.41) is 2.79. The second-order valence-electron chi connectivity index (χ2n) is 5.61. The maximum absolute atomic E-state index is 11.9. The topological polar surface area (TPSA) is 93.3 Å². The van der Waals surface area contributed by atoms with Crippen LogP contribution in [0.15, 0.2) is 48.5 Å². The quantitative estimate of drug-likeness (QED) is 0.635. The van der Waals surface area contributed by atoms with Crippen molar-refractivity contribution in [2.24, 2.45) is 0 Å². The molecule has 7 nitrogen and oxygen atoms in total. The third kappa shape index (κ3) is 4.38. The third-order valence-corrected chi connectivity index (χ3v) is 3.77. The standard InChI is InChI=1S/C19H19N3O4/c1-25-19(24)13-6-8-14(9-7-13)26-12-18(23)20-11-10-17-21-15-4-2-3-5-16(15)22-17/h2-9H,10-12H2,1H3,(H,20,23)(H,21,22). The van der Waals surface area contributed by atoms with Crippen molar-refractivity contribution in [1.82, 2.24) is 15.3 Å². The smallest absolute Gasteiger partial charge is 0.337 e. The third-order valence-electron chi connectivity index (χ3n) is 3.77. The molecule has 0 spiro atoms. The summed E-state index contributed by atoms with van der Waals surface area (Å²) < 4.78 is 10.0. The fourth-order valence-electron chi connectivity index (χ4n) is 2.45. The molecule has 0 unspecified atom stereocenters. The minimum Gasteiger partial charge on any atom is -0.484 e. The number of hydrogen-bond donors (Lipinski definition) is 2. The summed E-state index contributed by atoms with van der Waals surface area (Å²) in [7, 11) is 1.32. The summed E-state index contributed by atoms with van der Waals surface area (Å²) in [6.45, 7) is 0.362. The summed E-state index contributed by atoms with van der Waals surface area (Å²) >= 11 is 0. The number of fused-ring (bicyclic) bond motifs is 1. The highest BCUT2D eigenvalue weighted by Crippen LogP contribution is 2.13. The minimum absolute atomic E-state index is 0.0995. The Morgan fingerprint density at radius 1 is 1.12 bits per heavy atom. The lowest BCUT2D eigenvalue weighted by Crippen LogP contribution is -2.30. The van der Waals surface area contributed by atoms with E-state index in [4.69, 9.17) is 4.74 Å². The zero-order valence-corrected chi connectivity index (χ0v) is 14.3. The van der Waals surface area contributed by atoms with Gasteiger partial charge in [0.25, 0.3) is 5.91 Å². The molecule has 0 aliphatic rings. The fourth-order valence-corrected chi connectivity index (χ4v) is 2.45. The first-order valence-corrected chi connectivity index (χ1v) is 8.17. The van der Waals surface area contributed by atoms with E-state index in [1.807, 2.05) is 24.3 Å². The van der Waals surface area contributed by atoms with E-state index in [0.717, 1.165) is 16.9 Å². The van der Waals surface area contributed by atoms with Gasteiger partial charge >= 0.3 is 5.97 Å². The predicted molar refractivity (Wildman–Crippen MR) is 96.1 cm³/mol. The molecule has 2 aromatic carbocycles. The number of hydrogen-bond acceptors (Lipinski definition) is 5. The van der Waals surface area contributed by atoms with Crippen LogP contribution in [0, 0.1) is 0 Å². The van der Waals surface area contributed by atoms with Crippen molar-refractivity contribution in [2.45, 2.75) is 6.42 Å². The van der Waals surface area contributed by atoms with Crippen LogP contribution in [0.4, 0.5) is 0 Å². The molecule has 0 fully saturated rings. The number of aromatic nitrogens is 2. The first-order valence-electron chi connectivity index (χ1n) is 8.17. The van der Waals surface area contributed by atoms with Gasteiger partial charge in [-0.25, -0.2) is 9.78 Å². The number of benzene rings is 2. The molecular formula is C19H19N3O4. The van der Waals surface area contributed by atoms with Crippen molar-refractivity contribution in [3.05, 3.63) is 59.9 Å². The van der Waals surface area contributed by atoms with Gasteiger partial charge in [-0.1, -0.05) is 12.1 Å². The van der Waals surface area contributed by atoms with E-state index in [0.29, 0.717) is 24.3 Å². The number of ether oxygens (including phenoxy) is 2. The Morgan fingerprint density at radius 3 is 2.62 bits per heavy atom. The van der Waals surface area contributed by atoms with Gasteiger partial charge in [-0.05, 0) is 36.4 Å². The molecule has 3 aromatic rings. The molecule has 26 heavy (non-hydrogen) atoms. The number of amides is 1. The van der Waals surface area contributed by atoms with Gasteiger partial charge in [0.05, 0.1) is 23.7 Å². The highest BCUT2D eigenvalue weighted by molar-refractivity contribution is 5.89. The van der Waals surface area contributed by atoms with E-state index >= 15 is 0 Å². The van der Waals surface area contributed by atoms with Crippen molar-refractivity contribution in [3.63, 3.8) is 0 Å². The van der Waals surface area contributed by atoms with Gasteiger partial charge < -0.3 is 19.8 Å². The zero-order chi connectivity index (χ0) is 18.4. The second kappa shape index (κ2) is 8.15. The number of nitrogens with zero attached hydrogens (tertiary/aromatic N) is 1. The number of para-hydroxylation sites is 2. The van der Waals surface area contributed by atoms with Gasteiger partial charge in [-0.2, -0.15) is 0 Å². The number of imidazole rings is 1. The number of carbonyl (C=O) groups is 2. The number of rotatable bonds is 7. The molecule has 2 N–H and O–H groups in total. The zero-order valence-electron chi connectivity index (χ0n) is 14.3. The van der Waals surface area contributed by atoms with Gasteiger partial charge in [0.1, 0.15) is 11.6 Å². The van der Waals surface area contributed by atoms with E-state index < -0.39 is 5.97 Å². The van der Waals surface area contributed by atoms with Gasteiger partial charge in [-0.15, -0.1) is 0 Å². The largest absolute Gasteiger partial charge is 0.484 e. The Labute approximate surface area is 150 Å². The van der Waals surface area contributed by atoms with Gasteiger partial charge in [-0.3, -0.25) is 4.79 Å². The average molecular weight is 353 g/mol. The van der Waals surface area contributed by atoms with Crippen LogP contribution in [0.2, 0.25) is 0 Å². The van der Waals surface area contributed by atoms with Crippen LogP contribution in [0.1, 0.15) is 16.2 Å². The molecule has 0 bridgehead atoms. The number of H-pyrrole nitrogens is 1. The van der Waals surface area contributed by atoms with Crippen LogP contribution in [0.3, 0.4) is 0 Å². The molecule has 0 saturated heterocycles. The van der Waals surface area contributed by atoms with Crippen LogP contribution in [-0.4, -0.2) is 42.1 Å². The molecule has 7 heteroatoms. The normalized spacial score (nSPS) is 10.5. The van der Waals surface area contributed by atoms with E-state index in [9.17, 15) is 9.59 Å². The molecule has 1 amide bonds. The van der Waals surface area contributed by atoms with Crippen molar-refractivity contribution in [3.8, 4) is 5.75 Å². The lowest BCUT2D eigenvalue weighted by Gasteiger charge is -2.07. The molecule has 0 saturated carbocycles. The summed E-state index contributed by atoms with van der Waals surface area (Å²) in [5.74, 6) is 0.689. The molecule has 0 aliphatic heterocycles. The summed E-state index contributed by atoms with van der Waals surface area (Å²) in [6.07, 6.45) is 0.605. The van der Waals surface area contributed by atoms with Crippen molar-refractivity contribution < 1.29 is 19.1 Å². The summed E-state index contributed by atoms with van der Waals surface area (Å²) in [4.78, 5) is 30.9. The number of aromatic amines is 1. The Kier molecular flexibility index (Phi) is 5.48. The van der Waals surface area contributed by atoms with Crippen LogP contribution in [0.5, 0.6) is 5.75 Å². The summed E-state index contributed by atoms with van der Waals surface area (Å²) in [5.41, 5.74) is 2.32. The minimum atomic E-state index is -0.417. The second-order valence-corrected chi connectivity index (χ2v) is 5.61. The van der Waals surface area contributed by atoms with Crippen LogP contribution in [0.25, 0.3) is 11.0 Å². The Morgan fingerprint density at radius 2 is 1.88 bits per heavy atom. The number of nitrogens with one attached hydrogen (secondary N) is 2. The monoisotopic (exact) mass is 353 g/mol. The fraction of sp³-hybridized carbons (Fsp3) is 0.211. The number of carbonyl (C=O) groups excluding carboxylic acids is 2. The highest BCUT2D eigenvalue weighted by Gasteiger charge is 2.07. The van der Waals surface area contributed by atoms with Gasteiger partial charge in [0.15, 0.2) is 6.61 Å². The Balaban J connectivity index is 1.42.